The Morgan fingerprint density at radius 1 is 1.21 bits per heavy atom. The predicted octanol–water partition coefficient (Wildman–Crippen LogP) is 2.46. The molecule has 3 rings (SSSR count). The van der Waals surface area contributed by atoms with Crippen LogP contribution >= 0.6 is 11.8 Å². The Bertz CT molecular complexity index is 1050. The zero-order valence-corrected chi connectivity index (χ0v) is 17.1. The minimum atomic E-state index is -0.408. The molecule has 0 aliphatic carbocycles. The van der Waals surface area contributed by atoms with E-state index in [2.05, 4.69) is 25.5 Å². The minimum Gasteiger partial charge on any atom is -0.272 e. The van der Waals surface area contributed by atoms with Crippen LogP contribution in [0.3, 0.4) is 0 Å². The van der Waals surface area contributed by atoms with Gasteiger partial charge in [-0.15, -0.1) is 10.2 Å². The summed E-state index contributed by atoms with van der Waals surface area (Å²) in [5, 5.41) is 33.1. The SMILES string of the molecule is CCn1cc(C=Nn2c(C)nnc2SCn2nc(C)c([N+](=O)[O-])c2C)c(C)n1. The van der Waals surface area contributed by atoms with Crippen molar-refractivity contribution in [2.24, 2.45) is 5.10 Å². The van der Waals surface area contributed by atoms with Gasteiger partial charge in [0, 0.05) is 18.3 Å². The molecule has 0 spiro atoms. The summed E-state index contributed by atoms with van der Waals surface area (Å²) in [6, 6.07) is 0. The van der Waals surface area contributed by atoms with E-state index in [0.717, 1.165) is 17.8 Å². The lowest BCUT2D eigenvalue weighted by Gasteiger charge is -2.04. The highest BCUT2D eigenvalue weighted by atomic mass is 32.2. The van der Waals surface area contributed by atoms with E-state index in [1.807, 2.05) is 31.6 Å². The number of thioether (sulfide) groups is 1. The van der Waals surface area contributed by atoms with Crippen molar-refractivity contribution in [2.75, 3.05) is 0 Å². The van der Waals surface area contributed by atoms with Gasteiger partial charge in [-0.1, -0.05) is 11.8 Å². The molecule has 0 aliphatic rings. The molecule has 0 atom stereocenters. The van der Waals surface area contributed by atoms with E-state index in [9.17, 15) is 10.1 Å². The number of rotatable bonds is 7. The van der Waals surface area contributed by atoms with Crippen LogP contribution in [-0.4, -0.2) is 45.6 Å². The Labute approximate surface area is 165 Å². The van der Waals surface area contributed by atoms with Crippen molar-refractivity contribution in [1.29, 1.82) is 0 Å². The highest BCUT2D eigenvalue weighted by molar-refractivity contribution is 7.98. The maximum absolute atomic E-state index is 11.2. The van der Waals surface area contributed by atoms with Crippen LogP contribution in [0.4, 0.5) is 5.69 Å². The van der Waals surface area contributed by atoms with Crippen molar-refractivity contribution < 1.29 is 4.92 Å². The molecule has 0 aliphatic heterocycles. The highest BCUT2D eigenvalue weighted by Crippen LogP contribution is 2.25. The molecule has 28 heavy (non-hydrogen) atoms. The van der Waals surface area contributed by atoms with E-state index in [1.165, 1.54) is 11.8 Å². The number of aromatic nitrogens is 7. The van der Waals surface area contributed by atoms with Crippen LogP contribution in [-0.2, 0) is 12.4 Å². The zero-order chi connectivity index (χ0) is 20.4. The lowest BCUT2D eigenvalue weighted by atomic mass is 10.3. The first-order chi connectivity index (χ1) is 13.3. The first-order valence-electron chi connectivity index (χ1n) is 8.63. The Hall–Kier alpha value is -3.02. The number of nitro groups is 1. The van der Waals surface area contributed by atoms with Gasteiger partial charge in [-0.05, 0) is 34.6 Å². The fraction of sp³-hybridized carbons (Fsp3) is 0.438. The van der Waals surface area contributed by atoms with Crippen molar-refractivity contribution in [3.8, 4) is 0 Å². The van der Waals surface area contributed by atoms with E-state index >= 15 is 0 Å². The molecule has 0 radical (unpaired) electrons. The summed E-state index contributed by atoms with van der Waals surface area (Å²) in [5.41, 5.74) is 2.74. The highest BCUT2D eigenvalue weighted by Gasteiger charge is 2.22. The second-order valence-electron chi connectivity index (χ2n) is 6.16. The molecule has 3 heterocycles. The van der Waals surface area contributed by atoms with Crippen LogP contribution in [0.25, 0.3) is 0 Å². The van der Waals surface area contributed by atoms with E-state index in [-0.39, 0.29) is 5.69 Å². The summed E-state index contributed by atoms with van der Waals surface area (Å²) in [7, 11) is 0. The van der Waals surface area contributed by atoms with Crippen LogP contribution < -0.4 is 0 Å². The molecule has 0 saturated heterocycles. The van der Waals surface area contributed by atoms with Crippen molar-refractivity contribution in [3.63, 3.8) is 0 Å². The fourth-order valence-corrected chi connectivity index (χ4v) is 3.59. The van der Waals surface area contributed by atoms with E-state index in [1.54, 1.807) is 29.4 Å². The fourth-order valence-electron chi connectivity index (χ4n) is 2.70. The average Bonchev–Trinajstić information content (AvgIpc) is 3.27. The Morgan fingerprint density at radius 2 is 1.96 bits per heavy atom. The minimum absolute atomic E-state index is 0.0414. The van der Waals surface area contributed by atoms with Gasteiger partial charge < -0.3 is 0 Å². The van der Waals surface area contributed by atoms with Crippen LogP contribution in [0.1, 0.15) is 35.4 Å². The first kappa shape index (κ1) is 19.7. The third-order valence-electron chi connectivity index (χ3n) is 4.23. The number of hydrogen-bond donors (Lipinski definition) is 0. The topological polar surface area (TPSA) is 122 Å². The number of hydrogen-bond acceptors (Lipinski definition) is 8. The van der Waals surface area contributed by atoms with Gasteiger partial charge in [0.2, 0.25) is 5.16 Å². The molecular formula is C16H21N9O2S. The molecular weight excluding hydrogens is 382 g/mol. The third kappa shape index (κ3) is 3.81. The molecule has 0 amide bonds. The standard InChI is InChI=1S/C16H21N9O2S/c1-6-22-8-14(10(2)20-22)7-17-24-13(5)18-19-16(24)28-9-23-12(4)15(25(26)27)11(3)21-23/h7-8H,6,9H2,1-5H3. The quantitative estimate of drug-likeness (QED) is 0.257. The van der Waals surface area contributed by atoms with Crippen molar-refractivity contribution in [2.45, 2.75) is 52.2 Å². The maximum atomic E-state index is 11.2. The molecule has 0 N–H and O–H groups in total. The monoisotopic (exact) mass is 403 g/mol. The summed E-state index contributed by atoms with van der Waals surface area (Å²) in [6.07, 6.45) is 3.66. The molecule has 0 bridgehead atoms. The molecule has 148 valence electrons. The second kappa shape index (κ2) is 7.92. The summed E-state index contributed by atoms with van der Waals surface area (Å²) in [6.45, 7) is 9.86. The molecule has 0 unspecified atom stereocenters. The van der Waals surface area contributed by atoms with Gasteiger partial charge in [-0.2, -0.15) is 20.0 Å². The molecule has 12 heteroatoms. The van der Waals surface area contributed by atoms with E-state index < -0.39 is 4.92 Å². The van der Waals surface area contributed by atoms with Crippen molar-refractivity contribution >= 4 is 23.7 Å². The Balaban J connectivity index is 1.80. The van der Waals surface area contributed by atoms with Crippen LogP contribution in [0.2, 0.25) is 0 Å². The molecule has 11 nitrogen and oxygen atoms in total. The van der Waals surface area contributed by atoms with Gasteiger partial charge in [0.15, 0.2) is 5.82 Å². The van der Waals surface area contributed by atoms with E-state index in [4.69, 9.17) is 0 Å². The molecule has 0 fully saturated rings. The number of aryl methyl sites for hydroxylation is 4. The van der Waals surface area contributed by atoms with Gasteiger partial charge >= 0.3 is 5.69 Å². The zero-order valence-electron chi connectivity index (χ0n) is 16.3. The van der Waals surface area contributed by atoms with E-state index in [0.29, 0.717) is 28.2 Å². The van der Waals surface area contributed by atoms with Crippen LogP contribution in [0.15, 0.2) is 16.5 Å². The summed E-state index contributed by atoms with van der Waals surface area (Å²) >= 11 is 1.35. The van der Waals surface area contributed by atoms with Crippen molar-refractivity contribution in [3.05, 3.63) is 44.8 Å². The summed E-state index contributed by atoms with van der Waals surface area (Å²) in [4.78, 5) is 10.7. The molecule has 3 aromatic heterocycles. The summed E-state index contributed by atoms with van der Waals surface area (Å²) in [5.74, 6) is 1.000. The first-order valence-corrected chi connectivity index (χ1v) is 9.62. The second-order valence-corrected chi connectivity index (χ2v) is 7.07. The molecule has 3 aromatic rings. The van der Waals surface area contributed by atoms with Gasteiger partial charge in [0.05, 0.1) is 22.7 Å². The average molecular weight is 403 g/mol. The lowest BCUT2D eigenvalue weighted by molar-refractivity contribution is -0.386. The third-order valence-corrected chi connectivity index (χ3v) is 5.12. The number of nitrogens with zero attached hydrogens (tertiary/aromatic N) is 9. The van der Waals surface area contributed by atoms with Gasteiger partial charge in [-0.25, -0.2) is 0 Å². The lowest BCUT2D eigenvalue weighted by Crippen LogP contribution is -2.02. The van der Waals surface area contributed by atoms with Crippen LogP contribution in [0.5, 0.6) is 0 Å². The predicted molar refractivity (Wildman–Crippen MR) is 105 cm³/mol. The maximum Gasteiger partial charge on any atom is 0.312 e. The Kier molecular flexibility index (Phi) is 5.58. The van der Waals surface area contributed by atoms with Gasteiger partial charge in [-0.3, -0.25) is 19.5 Å². The van der Waals surface area contributed by atoms with Crippen molar-refractivity contribution in [1.82, 2.24) is 34.4 Å². The molecule has 0 saturated carbocycles. The van der Waals surface area contributed by atoms with Gasteiger partial charge in [0.1, 0.15) is 11.4 Å². The normalized spacial score (nSPS) is 11.6. The summed E-state index contributed by atoms with van der Waals surface area (Å²) < 4.78 is 5.07. The molecule has 0 aromatic carbocycles. The smallest absolute Gasteiger partial charge is 0.272 e. The Morgan fingerprint density at radius 3 is 2.57 bits per heavy atom. The largest absolute Gasteiger partial charge is 0.312 e. The van der Waals surface area contributed by atoms with Gasteiger partial charge in [0.25, 0.3) is 0 Å². The van der Waals surface area contributed by atoms with Crippen LogP contribution in [0, 0.1) is 37.8 Å².